The number of nitrogens with one attached hydrogen (secondary N) is 2. The summed E-state index contributed by atoms with van der Waals surface area (Å²) in [4.78, 5) is 0. The van der Waals surface area contributed by atoms with Crippen LogP contribution < -0.4 is 10.6 Å². The fourth-order valence-electron chi connectivity index (χ4n) is 1.37. The van der Waals surface area contributed by atoms with Crippen LogP contribution in [0.2, 0.25) is 0 Å². The van der Waals surface area contributed by atoms with Gasteiger partial charge in [-0.2, -0.15) is 0 Å². The largest absolute Gasteiger partial charge is 0.313 e. The van der Waals surface area contributed by atoms with Gasteiger partial charge in [-0.05, 0) is 39.8 Å². The zero-order valence-corrected chi connectivity index (χ0v) is 10.4. The Bertz CT molecular complexity index is 101. The summed E-state index contributed by atoms with van der Waals surface area (Å²) in [5, 5.41) is 7.10. The van der Waals surface area contributed by atoms with Crippen molar-refractivity contribution in [3.63, 3.8) is 0 Å². The molecule has 0 aromatic heterocycles. The molecular weight excluding hydrogens is 172 g/mol. The van der Waals surface area contributed by atoms with Crippen molar-refractivity contribution in [3.05, 3.63) is 0 Å². The topological polar surface area (TPSA) is 24.1 Å². The lowest BCUT2D eigenvalue weighted by Crippen LogP contribution is -2.44. The van der Waals surface area contributed by atoms with E-state index in [1.54, 1.807) is 0 Å². The Morgan fingerprint density at radius 1 is 0.786 bits per heavy atom. The average Bonchev–Trinajstić information content (AvgIpc) is 2.18. The maximum Gasteiger partial charge on any atom is 0.0190 e. The normalized spacial score (nSPS) is 15.4. The van der Waals surface area contributed by atoms with E-state index in [0.717, 1.165) is 13.1 Å². The molecule has 2 nitrogen and oxygen atoms in total. The molecule has 0 fully saturated rings. The molecule has 0 radical (unpaired) electrons. The first kappa shape index (κ1) is 13.9. The highest BCUT2D eigenvalue weighted by molar-refractivity contribution is 4.73. The predicted octanol–water partition coefficient (Wildman–Crippen LogP) is 2.54. The van der Waals surface area contributed by atoms with Gasteiger partial charge in [-0.1, -0.05) is 26.7 Å². The van der Waals surface area contributed by atoms with E-state index >= 15 is 0 Å². The highest BCUT2D eigenvalue weighted by Gasteiger charge is 2.09. The Kier molecular flexibility index (Phi) is 9.42. The molecule has 0 aliphatic carbocycles. The molecule has 2 unspecified atom stereocenters. The van der Waals surface area contributed by atoms with Crippen LogP contribution in [-0.4, -0.2) is 25.2 Å². The van der Waals surface area contributed by atoms with Gasteiger partial charge in [0.25, 0.3) is 0 Å². The van der Waals surface area contributed by atoms with Crippen molar-refractivity contribution in [2.24, 2.45) is 0 Å². The van der Waals surface area contributed by atoms with Crippen LogP contribution in [0, 0.1) is 0 Å². The molecule has 86 valence electrons. The van der Waals surface area contributed by atoms with Crippen LogP contribution in [0.4, 0.5) is 0 Å². The molecular formula is C12H28N2. The molecule has 2 atom stereocenters. The quantitative estimate of drug-likeness (QED) is 0.559. The summed E-state index contributed by atoms with van der Waals surface area (Å²) in [5.74, 6) is 0. The molecule has 0 aromatic carbocycles. The van der Waals surface area contributed by atoms with Gasteiger partial charge >= 0.3 is 0 Å². The van der Waals surface area contributed by atoms with Crippen molar-refractivity contribution in [2.75, 3.05) is 13.1 Å². The van der Waals surface area contributed by atoms with Gasteiger partial charge in [-0.3, -0.25) is 0 Å². The maximum absolute atomic E-state index is 3.55. The maximum atomic E-state index is 3.55. The standard InChI is InChI=1S/C12H28N2/c1-5-7-9-13-11(3)12(4)14-10-8-6-2/h11-14H,5-10H2,1-4H3. The third kappa shape index (κ3) is 7.34. The number of unbranched alkanes of at least 4 members (excludes halogenated alkanes) is 2. The molecule has 0 rings (SSSR count). The van der Waals surface area contributed by atoms with E-state index in [0.29, 0.717) is 12.1 Å². The van der Waals surface area contributed by atoms with Crippen LogP contribution in [0.25, 0.3) is 0 Å². The van der Waals surface area contributed by atoms with Crippen LogP contribution >= 0.6 is 0 Å². The minimum Gasteiger partial charge on any atom is -0.313 e. The molecule has 0 saturated carbocycles. The zero-order valence-electron chi connectivity index (χ0n) is 10.4. The van der Waals surface area contributed by atoms with Gasteiger partial charge in [0.1, 0.15) is 0 Å². The molecule has 0 heterocycles. The fraction of sp³-hybridized carbons (Fsp3) is 1.00. The van der Waals surface area contributed by atoms with Gasteiger partial charge in [-0.15, -0.1) is 0 Å². The van der Waals surface area contributed by atoms with Gasteiger partial charge in [0.2, 0.25) is 0 Å². The van der Waals surface area contributed by atoms with Crippen LogP contribution in [0.1, 0.15) is 53.4 Å². The first-order valence-corrected chi connectivity index (χ1v) is 6.19. The van der Waals surface area contributed by atoms with E-state index in [-0.39, 0.29) is 0 Å². The molecule has 0 aromatic rings. The molecule has 0 spiro atoms. The van der Waals surface area contributed by atoms with E-state index in [2.05, 4.69) is 38.3 Å². The first-order chi connectivity index (χ1) is 6.72. The molecule has 0 aliphatic heterocycles. The Hall–Kier alpha value is -0.0800. The second-order valence-corrected chi connectivity index (χ2v) is 4.19. The predicted molar refractivity (Wildman–Crippen MR) is 64.7 cm³/mol. The van der Waals surface area contributed by atoms with Crippen molar-refractivity contribution >= 4 is 0 Å². The monoisotopic (exact) mass is 200 g/mol. The summed E-state index contributed by atoms with van der Waals surface area (Å²) in [6.07, 6.45) is 5.12. The van der Waals surface area contributed by atoms with E-state index < -0.39 is 0 Å². The summed E-state index contributed by atoms with van der Waals surface area (Å²) >= 11 is 0. The zero-order chi connectivity index (χ0) is 10.8. The van der Waals surface area contributed by atoms with Crippen molar-refractivity contribution in [2.45, 2.75) is 65.5 Å². The smallest absolute Gasteiger partial charge is 0.0190 e. The average molecular weight is 200 g/mol. The van der Waals surface area contributed by atoms with Gasteiger partial charge in [0, 0.05) is 12.1 Å². The molecule has 0 amide bonds. The summed E-state index contributed by atoms with van der Waals surface area (Å²) in [5.41, 5.74) is 0. The van der Waals surface area contributed by atoms with E-state index in [1.165, 1.54) is 25.7 Å². The summed E-state index contributed by atoms with van der Waals surface area (Å²) < 4.78 is 0. The summed E-state index contributed by atoms with van der Waals surface area (Å²) in [6, 6.07) is 1.16. The van der Waals surface area contributed by atoms with Crippen molar-refractivity contribution in [3.8, 4) is 0 Å². The van der Waals surface area contributed by atoms with Crippen LogP contribution in [0.5, 0.6) is 0 Å². The van der Waals surface area contributed by atoms with Crippen molar-refractivity contribution in [1.82, 2.24) is 10.6 Å². The third-order valence-electron chi connectivity index (χ3n) is 2.74. The highest BCUT2D eigenvalue weighted by Crippen LogP contribution is 1.94. The number of rotatable bonds is 9. The fourth-order valence-corrected chi connectivity index (χ4v) is 1.37. The van der Waals surface area contributed by atoms with Gasteiger partial charge in [0.05, 0.1) is 0 Å². The van der Waals surface area contributed by atoms with Crippen LogP contribution in [0.15, 0.2) is 0 Å². The van der Waals surface area contributed by atoms with E-state index in [4.69, 9.17) is 0 Å². The first-order valence-electron chi connectivity index (χ1n) is 6.19. The molecule has 14 heavy (non-hydrogen) atoms. The summed E-state index contributed by atoms with van der Waals surface area (Å²) in [6.45, 7) is 11.3. The van der Waals surface area contributed by atoms with Crippen LogP contribution in [-0.2, 0) is 0 Å². The number of hydrogen-bond donors (Lipinski definition) is 2. The van der Waals surface area contributed by atoms with E-state index in [9.17, 15) is 0 Å². The Morgan fingerprint density at radius 3 is 1.43 bits per heavy atom. The Balaban J connectivity index is 3.39. The van der Waals surface area contributed by atoms with Crippen molar-refractivity contribution < 1.29 is 0 Å². The van der Waals surface area contributed by atoms with Gasteiger partial charge in [0.15, 0.2) is 0 Å². The lowest BCUT2D eigenvalue weighted by Gasteiger charge is -2.22. The minimum atomic E-state index is 0.582. The highest BCUT2D eigenvalue weighted by atomic mass is 15.0. The lowest BCUT2D eigenvalue weighted by atomic mass is 10.1. The van der Waals surface area contributed by atoms with E-state index in [1.807, 2.05) is 0 Å². The minimum absolute atomic E-state index is 0.582. The summed E-state index contributed by atoms with van der Waals surface area (Å²) in [7, 11) is 0. The second kappa shape index (κ2) is 9.47. The molecule has 2 N–H and O–H groups in total. The lowest BCUT2D eigenvalue weighted by molar-refractivity contribution is 0.404. The Morgan fingerprint density at radius 2 is 1.14 bits per heavy atom. The third-order valence-corrected chi connectivity index (χ3v) is 2.74. The SMILES string of the molecule is CCCCNC(C)C(C)NCCCC. The molecule has 0 bridgehead atoms. The van der Waals surface area contributed by atoms with Crippen molar-refractivity contribution in [1.29, 1.82) is 0 Å². The van der Waals surface area contributed by atoms with Gasteiger partial charge in [-0.25, -0.2) is 0 Å². The second-order valence-electron chi connectivity index (χ2n) is 4.19. The van der Waals surface area contributed by atoms with Gasteiger partial charge < -0.3 is 10.6 Å². The Labute approximate surface area is 89.9 Å². The number of hydrogen-bond acceptors (Lipinski definition) is 2. The molecule has 0 aliphatic rings. The molecule has 2 heteroatoms. The van der Waals surface area contributed by atoms with Crippen LogP contribution in [0.3, 0.4) is 0 Å². The molecule has 0 saturated heterocycles.